The SMILES string of the molecule is CC[C@H](C)NC(=O)[C@@H](C)N(Cc1ccc(Cl)cc1)C(=O)CN(c1ccc(F)cc1)S(=O)(=O)N(C)C. The average Bonchev–Trinajstić information content (AvgIpc) is 2.81. The lowest BCUT2D eigenvalue weighted by Gasteiger charge is -2.33. The molecule has 2 rings (SSSR count). The molecule has 192 valence electrons. The fourth-order valence-corrected chi connectivity index (χ4v) is 4.34. The van der Waals surface area contributed by atoms with Crippen LogP contribution < -0.4 is 9.62 Å². The van der Waals surface area contributed by atoms with Gasteiger partial charge in [-0.05, 0) is 62.2 Å². The van der Waals surface area contributed by atoms with E-state index in [1.807, 2.05) is 13.8 Å². The summed E-state index contributed by atoms with van der Waals surface area (Å²) in [5.41, 5.74) is 0.839. The molecule has 0 saturated carbocycles. The Morgan fingerprint density at radius 1 is 1.03 bits per heavy atom. The second-order valence-corrected chi connectivity index (χ2v) is 10.9. The molecule has 0 fully saturated rings. The highest BCUT2D eigenvalue weighted by Crippen LogP contribution is 2.21. The molecule has 2 amide bonds. The lowest BCUT2D eigenvalue weighted by Crippen LogP contribution is -2.53. The standard InChI is InChI=1S/C24H32ClFN4O4S/c1-6-17(2)27-24(32)18(3)29(15-19-7-9-20(25)10-8-19)23(31)16-30(35(33,34)28(4)5)22-13-11-21(26)12-14-22/h7-14,17-18H,6,15-16H2,1-5H3,(H,27,32)/t17-,18+/m0/s1. The van der Waals surface area contributed by atoms with Crippen molar-refractivity contribution in [3.05, 3.63) is 64.9 Å². The Kier molecular flexibility index (Phi) is 10.1. The van der Waals surface area contributed by atoms with E-state index in [4.69, 9.17) is 11.6 Å². The van der Waals surface area contributed by atoms with E-state index in [0.29, 0.717) is 11.4 Å². The van der Waals surface area contributed by atoms with Gasteiger partial charge >= 0.3 is 10.2 Å². The molecule has 0 aliphatic carbocycles. The van der Waals surface area contributed by atoms with E-state index in [0.717, 1.165) is 26.3 Å². The van der Waals surface area contributed by atoms with Gasteiger partial charge in [0.1, 0.15) is 18.4 Å². The quantitative estimate of drug-likeness (QED) is 0.486. The Morgan fingerprint density at radius 2 is 1.60 bits per heavy atom. The van der Waals surface area contributed by atoms with E-state index in [2.05, 4.69) is 5.32 Å². The summed E-state index contributed by atoms with van der Waals surface area (Å²) in [6.07, 6.45) is 0.711. The molecule has 2 aromatic rings. The fraction of sp³-hybridized carbons (Fsp3) is 0.417. The number of carbonyl (C=O) groups excluding carboxylic acids is 2. The molecule has 2 atom stereocenters. The molecule has 11 heteroatoms. The Labute approximate surface area is 211 Å². The number of carbonyl (C=O) groups is 2. The molecular formula is C24H32ClFN4O4S. The van der Waals surface area contributed by atoms with Crippen LogP contribution in [0.1, 0.15) is 32.8 Å². The Morgan fingerprint density at radius 3 is 2.11 bits per heavy atom. The molecule has 0 spiro atoms. The topological polar surface area (TPSA) is 90.0 Å². The summed E-state index contributed by atoms with van der Waals surface area (Å²) in [6, 6.07) is 10.6. The third kappa shape index (κ3) is 7.65. The first-order chi connectivity index (χ1) is 16.4. The van der Waals surface area contributed by atoms with Crippen LogP contribution >= 0.6 is 11.6 Å². The Balaban J connectivity index is 2.43. The predicted molar refractivity (Wildman–Crippen MR) is 136 cm³/mol. The summed E-state index contributed by atoms with van der Waals surface area (Å²) in [7, 11) is -1.43. The van der Waals surface area contributed by atoms with Gasteiger partial charge in [-0.3, -0.25) is 9.59 Å². The van der Waals surface area contributed by atoms with E-state index < -0.39 is 34.5 Å². The molecule has 0 bridgehead atoms. The number of hydrogen-bond donors (Lipinski definition) is 1. The highest BCUT2D eigenvalue weighted by molar-refractivity contribution is 7.90. The summed E-state index contributed by atoms with van der Waals surface area (Å²) in [5.74, 6) is -1.49. The minimum Gasteiger partial charge on any atom is -0.352 e. The van der Waals surface area contributed by atoms with Crippen LogP contribution in [-0.2, 0) is 26.3 Å². The number of amides is 2. The zero-order valence-corrected chi connectivity index (χ0v) is 22.1. The average molecular weight is 527 g/mol. The van der Waals surface area contributed by atoms with Crippen LogP contribution in [0.25, 0.3) is 0 Å². The number of rotatable bonds is 11. The molecule has 8 nitrogen and oxygen atoms in total. The molecule has 1 N–H and O–H groups in total. The van der Waals surface area contributed by atoms with Gasteiger partial charge in [0, 0.05) is 31.7 Å². The van der Waals surface area contributed by atoms with Gasteiger partial charge in [-0.2, -0.15) is 12.7 Å². The van der Waals surface area contributed by atoms with Crippen molar-refractivity contribution >= 4 is 39.3 Å². The van der Waals surface area contributed by atoms with Gasteiger partial charge in [-0.15, -0.1) is 0 Å². The van der Waals surface area contributed by atoms with Crippen LogP contribution in [0.5, 0.6) is 0 Å². The third-order valence-corrected chi connectivity index (χ3v) is 7.64. The molecule has 0 heterocycles. The number of nitrogens with zero attached hydrogens (tertiary/aromatic N) is 3. The van der Waals surface area contributed by atoms with Crippen LogP contribution in [0.3, 0.4) is 0 Å². The van der Waals surface area contributed by atoms with Gasteiger partial charge in [0.05, 0.1) is 5.69 Å². The Bertz CT molecular complexity index is 1110. The number of hydrogen-bond acceptors (Lipinski definition) is 4. The summed E-state index contributed by atoms with van der Waals surface area (Å²) < 4.78 is 41.4. The van der Waals surface area contributed by atoms with Crippen LogP contribution in [0, 0.1) is 5.82 Å². The monoisotopic (exact) mass is 526 g/mol. The van der Waals surface area contributed by atoms with E-state index in [9.17, 15) is 22.4 Å². The first-order valence-corrected chi connectivity index (χ1v) is 12.9. The predicted octanol–water partition coefficient (Wildman–Crippen LogP) is 3.42. The maximum Gasteiger partial charge on any atom is 0.304 e. The maximum absolute atomic E-state index is 13.6. The van der Waals surface area contributed by atoms with Gasteiger partial charge < -0.3 is 10.2 Å². The number of benzene rings is 2. The van der Waals surface area contributed by atoms with Crippen molar-refractivity contribution in [1.29, 1.82) is 0 Å². The van der Waals surface area contributed by atoms with Gasteiger partial charge in [0.15, 0.2) is 0 Å². The van der Waals surface area contributed by atoms with E-state index in [-0.39, 0.29) is 24.2 Å². The summed E-state index contributed by atoms with van der Waals surface area (Å²) in [4.78, 5) is 27.8. The summed E-state index contributed by atoms with van der Waals surface area (Å²) >= 11 is 5.98. The van der Waals surface area contributed by atoms with Crippen molar-refractivity contribution in [3.63, 3.8) is 0 Å². The zero-order chi connectivity index (χ0) is 26.3. The largest absolute Gasteiger partial charge is 0.352 e. The maximum atomic E-state index is 13.6. The van der Waals surface area contributed by atoms with Gasteiger partial charge in [0.25, 0.3) is 0 Å². The highest BCUT2D eigenvalue weighted by Gasteiger charge is 2.32. The van der Waals surface area contributed by atoms with Gasteiger partial charge in [-0.25, -0.2) is 8.70 Å². The first kappa shape index (κ1) is 28.5. The molecule has 0 unspecified atom stereocenters. The number of halogens is 2. The third-order valence-electron chi connectivity index (χ3n) is 5.57. The summed E-state index contributed by atoms with van der Waals surface area (Å²) in [6.45, 7) is 4.86. The second kappa shape index (κ2) is 12.3. The molecule has 0 saturated heterocycles. The van der Waals surface area contributed by atoms with Crippen molar-refractivity contribution in [2.75, 3.05) is 24.9 Å². The minimum atomic E-state index is -4.10. The van der Waals surface area contributed by atoms with Gasteiger partial charge in [-0.1, -0.05) is 30.7 Å². The highest BCUT2D eigenvalue weighted by atomic mass is 35.5. The van der Waals surface area contributed by atoms with Crippen molar-refractivity contribution in [2.45, 2.75) is 45.8 Å². The van der Waals surface area contributed by atoms with Crippen LogP contribution in [0.2, 0.25) is 5.02 Å². The second-order valence-electron chi connectivity index (χ2n) is 8.42. The van der Waals surface area contributed by atoms with Crippen LogP contribution in [0.15, 0.2) is 48.5 Å². The van der Waals surface area contributed by atoms with Gasteiger partial charge in [0.2, 0.25) is 11.8 Å². The first-order valence-electron chi connectivity index (χ1n) is 11.2. The molecule has 0 aliphatic rings. The van der Waals surface area contributed by atoms with Crippen LogP contribution in [0.4, 0.5) is 10.1 Å². The van der Waals surface area contributed by atoms with E-state index in [1.54, 1.807) is 31.2 Å². The lowest BCUT2D eigenvalue weighted by molar-refractivity contribution is -0.139. The van der Waals surface area contributed by atoms with Crippen molar-refractivity contribution in [2.24, 2.45) is 0 Å². The minimum absolute atomic E-state index is 0.0599. The summed E-state index contributed by atoms with van der Waals surface area (Å²) in [5, 5.41) is 3.39. The lowest BCUT2D eigenvalue weighted by atomic mass is 10.1. The Hall–Kier alpha value is -2.69. The van der Waals surface area contributed by atoms with Crippen molar-refractivity contribution in [3.8, 4) is 0 Å². The molecule has 35 heavy (non-hydrogen) atoms. The van der Waals surface area contributed by atoms with Crippen molar-refractivity contribution in [1.82, 2.24) is 14.5 Å². The molecule has 0 radical (unpaired) electrons. The fourth-order valence-electron chi connectivity index (χ4n) is 3.16. The van der Waals surface area contributed by atoms with E-state index >= 15 is 0 Å². The molecule has 0 aromatic heterocycles. The zero-order valence-electron chi connectivity index (χ0n) is 20.5. The molecule has 2 aromatic carbocycles. The molecule has 0 aliphatic heterocycles. The molecular weight excluding hydrogens is 495 g/mol. The number of anilines is 1. The van der Waals surface area contributed by atoms with E-state index in [1.165, 1.54) is 31.1 Å². The van der Waals surface area contributed by atoms with Crippen molar-refractivity contribution < 1.29 is 22.4 Å². The number of nitrogens with one attached hydrogen (secondary N) is 1. The normalized spacial score (nSPS) is 13.3. The smallest absolute Gasteiger partial charge is 0.304 e. The van der Waals surface area contributed by atoms with Crippen LogP contribution in [-0.4, -0.2) is 62.2 Å².